The van der Waals surface area contributed by atoms with Gasteiger partial charge in [0.15, 0.2) is 0 Å². The maximum Gasteiger partial charge on any atom is 0.257 e. The van der Waals surface area contributed by atoms with Gasteiger partial charge in [-0.1, -0.05) is 12.1 Å². The molecular weight excluding hydrogens is 369 g/mol. The standard InChI is InChI=1S/C23H22FN3O2/c1-14-12-19(15(2)27(14)22-7-5-4-6-20(22)24)23(29)25-18-8-9-21-17(13-18)10-11-26(21)16(3)28/h4-9,12-13H,10-11H2,1-3H3,(H,25,29). The Balaban J connectivity index is 1.61. The number of rotatable bonds is 3. The number of aryl methyl sites for hydroxylation is 1. The highest BCUT2D eigenvalue weighted by Gasteiger charge is 2.23. The van der Waals surface area contributed by atoms with Gasteiger partial charge in [0.1, 0.15) is 5.82 Å². The quantitative estimate of drug-likeness (QED) is 0.720. The van der Waals surface area contributed by atoms with E-state index in [1.165, 1.54) is 6.07 Å². The van der Waals surface area contributed by atoms with Crippen LogP contribution in [0.25, 0.3) is 5.69 Å². The Morgan fingerprint density at radius 3 is 2.52 bits per heavy atom. The van der Waals surface area contributed by atoms with Gasteiger partial charge in [-0.25, -0.2) is 4.39 Å². The number of hydrogen-bond acceptors (Lipinski definition) is 2. The maximum atomic E-state index is 14.3. The Morgan fingerprint density at radius 2 is 1.79 bits per heavy atom. The third-order valence-electron chi connectivity index (χ3n) is 5.38. The minimum absolute atomic E-state index is 0.0149. The Labute approximate surface area is 168 Å². The molecular formula is C23H22FN3O2. The lowest BCUT2D eigenvalue weighted by Gasteiger charge is -2.15. The number of fused-ring (bicyclic) bond motifs is 1. The van der Waals surface area contributed by atoms with Crippen LogP contribution in [0.2, 0.25) is 0 Å². The lowest BCUT2D eigenvalue weighted by molar-refractivity contribution is -0.116. The van der Waals surface area contributed by atoms with E-state index in [0.29, 0.717) is 29.2 Å². The predicted molar refractivity (Wildman–Crippen MR) is 111 cm³/mol. The number of carbonyl (C=O) groups excluding carboxylic acids is 2. The third-order valence-corrected chi connectivity index (χ3v) is 5.38. The molecule has 5 nitrogen and oxygen atoms in total. The molecule has 0 fully saturated rings. The number of para-hydroxylation sites is 1. The van der Waals surface area contributed by atoms with Crippen LogP contribution in [-0.2, 0) is 11.2 Å². The van der Waals surface area contributed by atoms with Crippen molar-refractivity contribution >= 4 is 23.2 Å². The molecule has 6 heteroatoms. The van der Waals surface area contributed by atoms with Crippen molar-refractivity contribution in [2.45, 2.75) is 27.2 Å². The van der Waals surface area contributed by atoms with Gasteiger partial charge in [-0.15, -0.1) is 0 Å². The molecule has 0 bridgehead atoms. The smallest absolute Gasteiger partial charge is 0.257 e. The zero-order valence-electron chi connectivity index (χ0n) is 16.6. The summed E-state index contributed by atoms with van der Waals surface area (Å²) in [5.41, 5.74) is 4.98. The van der Waals surface area contributed by atoms with E-state index < -0.39 is 0 Å². The first-order valence-electron chi connectivity index (χ1n) is 9.53. The molecule has 1 N–H and O–H groups in total. The number of carbonyl (C=O) groups is 2. The first-order chi connectivity index (χ1) is 13.9. The van der Waals surface area contributed by atoms with Crippen molar-refractivity contribution in [1.29, 1.82) is 0 Å². The number of nitrogens with zero attached hydrogens (tertiary/aromatic N) is 2. The Kier molecular flexibility index (Phi) is 4.70. The molecule has 0 saturated heterocycles. The molecule has 1 aliphatic heterocycles. The van der Waals surface area contributed by atoms with Crippen molar-refractivity contribution in [2.75, 3.05) is 16.8 Å². The van der Waals surface area contributed by atoms with Crippen LogP contribution in [0.3, 0.4) is 0 Å². The lowest BCUT2D eigenvalue weighted by Crippen LogP contribution is -2.25. The number of amides is 2. The number of halogens is 1. The van der Waals surface area contributed by atoms with E-state index in [4.69, 9.17) is 0 Å². The van der Waals surface area contributed by atoms with Crippen molar-refractivity contribution in [3.8, 4) is 5.69 Å². The summed E-state index contributed by atoms with van der Waals surface area (Å²) < 4.78 is 16.0. The number of anilines is 2. The Morgan fingerprint density at radius 1 is 1.03 bits per heavy atom. The molecule has 0 radical (unpaired) electrons. The summed E-state index contributed by atoms with van der Waals surface area (Å²) >= 11 is 0. The summed E-state index contributed by atoms with van der Waals surface area (Å²) in [6, 6.07) is 13.8. The second kappa shape index (κ2) is 7.20. The van der Waals surface area contributed by atoms with Gasteiger partial charge in [0.2, 0.25) is 5.91 Å². The molecule has 0 unspecified atom stereocenters. The highest BCUT2D eigenvalue weighted by Crippen LogP contribution is 2.31. The normalized spacial score (nSPS) is 12.8. The number of benzene rings is 2. The van der Waals surface area contributed by atoms with E-state index >= 15 is 0 Å². The molecule has 0 spiro atoms. The molecule has 2 amide bonds. The van der Waals surface area contributed by atoms with E-state index in [2.05, 4.69) is 5.32 Å². The molecule has 3 aromatic rings. The van der Waals surface area contributed by atoms with E-state index in [-0.39, 0.29) is 17.6 Å². The third kappa shape index (κ3) is 3.31. The maximum absolute atomic E-state index is 14.3. The summed E-state index contributed by atoms with van der Waals surface area (Å²) in [7, 11) is 0. The molecule has 0 aliphatic carbocycles. The van der Waals surface area contributed by atoms with Gasteiger partial charge >= 0.3 is 0 Å². The zero-order valence-corrected chi connectivity index (χ0v) is 16.6. The fraction of sp³-hybridized carbons (Fsp3) is 0.217. The molecule has 1 aromatic heterocycles. The van der Waals surface area contributed by atoms with Gasteiger partial charge in [0.25, 0.3) is 5.91 Å². The molecule has 2 aromatic carbocycles. The van der Waals surface area contributed by atoms with Crippen LogP contribution in [0.4, 0.5) is 15.8 Å². The van der Waals surface area contributed by atoms with E-state index in [0.717, 1.165) is 23.4 Å². The van der Waals surface area contributed by atoms with E-state index in [1.807, 2.05) is 26.0 Å². The van der Waals surface area contributed by atoms with Crippen LogP contribution in [0, 0.1) is 19.7 Å². The lowest BCUT2D eigenvalue weighted by atomic mass is 10.1. The van der Waals surface area contributed by atoms with Crippen LogP contribution in [0.1, 0.15) is 34.2 Å². The zero-order chi connectivity index (χ0) is 20.7. The summed E-state index contributed by atoms with van der Waals surface area (Å²) in [5.74, 6) is -0.571. The molecule has 4 rings (SSSR count). The second-order valence-corrected chi connectivity index (χ2v) is 7.29. The molecule has 1 aliphatic rings. The van der Waals surface area contributed by atoms with Crippen molar-refractivity contribution < 1.29 is 14.0 Å². The van der Waals surface area contributed by atoms with Crippen molar-refractivity contribution in [3.05, 3.63) is 76.9 Å². The van der Waals surface area contributed by atoms with Crippen LogP contribution in [0.15, 0.2) is 48.5 Å². The summed E-state index contributed by atoms with van der Waals surface area (Å²) in [6.45, 7) is 5.87. The van der Waals surface area contributed by atoms with Crippen molar-refractivity contribution in [3.63, 3.8) is 0 Å². The van der Waals surface area contributed by atoms with Crippen molar-refractivity contribution in [2.24, 2.45) is 0 Å². The van der Waals surface area contributed by atoms with E-state index in [9.17, 15) is 14.0 Å². The van der Waals surface area contributed by atoms with Crippen LogP contribution in [-0.4, -0.2) is 22.9 Å². The van der Waals surface area contributed by atoms with Crippen LogP contribution in [0.5, 0.6) is 0 Å². The largest absolute Gasteiger partial charge is 0.322 e. The Bertz CT molecular complexity index is 1130. The molecule has 0 saturated carbocycles. The van der Waals surface area contributed by atoms with Gasteiger partial charge in [-0.2, -0.15) is 0 Å². The SMILES string of the molecule is CC(=O)N1CCc2cc(NC(=O)c3cc(C)n(-c4ccccc4F)c3C)ccc21. The minimum Gasteiger partial charge on any atom is -0.322 e. The summed E-state index contributed by atoms with van der Waals surface area (Å²) in [6.07, 6.45) is 0.764. The average molecular weight is 391 g/mol. The monoisotopic (exact) mass is 391 g/mol. The summed E-state index contributed by atoms with van der Waals surface area (Å²) in [5, 5.41) is 2.93. The highest BCUT2D eigenvalue weighted by atomic mass is 19.1. The number of nitrogens with one attached hydrogen (secondary N) is 1. The summed E-state index contributed by atoms with van der Waals surface area (Å²) in [4.78, 5) is 26.3. The first-order valence-corrected chi connectivity index (χ1v) is 9.53. The molecule has 2 heterocycles. The van der Waals surface area contributed by atoms with Crippen LogP contribution >= 0.6 is 0 Å². The second-order valence-electron chi connectivity index (χ2n) is 7.29. The van der Waals surface area contributed by atoms with Crippen molar-refractivity contribution in [1.82, 2.24) is 4.57 Å². The predicted octanol–water partition coefficient (Wildman–Crippen LogP) is 4.39. The van der Waals surface area contributed by atoms with Gasteiger partial charge in [-0.3, -0.25) is 9.59 Å². The van der Waals surface area contributed by atoms with E-state index in [1.54, 1.807) is 46.7 Å². The minimum atomic E-state index is -0.338. The first kappa shape index (κ1) is 18.9. The van der Waals surface area contributed by atoms with Crippen LogP contribution < -0.4 is 10.2 Å². The van der Waals surface area contributed by atoms with Gasteiger partial charge in [0.05, 0.1) is 11.3 Å². The molecule has 0 atom stereocenters. The molecule has 148 valence electrons. The Hall–Kier alpha value is -3.41. The molecule has 29 heavy (non-hydrogen) atoms. The fourth-order valence-electron chi connectivity index (χ4n) is 4.00. The number of aromatic nitrogens is 1. The number of hydrogen-bond donors (Lipinski definition) is 1. The van der Waals surface area contributed by atoms with Gasteiger partial charge in [0, 0.05) is 36.2 Å². The topological polar surface area (TPSA) is 54.3 Å². The highest BCUT2D eigenvalue weighted by molar-refractivity contribution is 6.05. The average Bonchev–Trinajstić information content (AvgIpc) is 3.23. The van der Waals surface area contributed by atoms with Gasteiger partial charge in [-0.05, 0) is 62.2 Å². The van der Waals surface area contributed by atoms with Gasteiger partial charge < -0.3 is 14.8 Å². The fourth-order valence-corrected chi connectivity index (χ4v) is 4.00.